The molecule has 1 aromatic heterocycles. The van der Waals surface area contributed by atoms with Crippen LogP contribution in [0, 0.1) is 5.92 Å². The minimum Gasteiger partial charge on any atom is -0.381 e. The lowest BCUT2D eigenvalue weighted by atomic mass is 10.0. The van der Waals surface area contributed by atoms with Crippen LogP contribution in [0.25, 0.3) is 0 Å². The lowest BCUT2D eigenvalue weighted by molar-refractivity contribution is -0.132. The molecule has 1 amide bonds. The number of fused-ring (bicyclic) bond motifs is 1. The average Bonchev–Trinajstić information content (AvgIpc) is 3.24. The largest absolute Gasteiger partial charge is 0.381 e. The summed E-state index contributed by atoms with van der Waals surface area (Å²) in [7, 11) is 0. The number of amides is 1. The molecule has 6 heteroatoms. The second-order valence-corrected chi connectivity index (χ2v) is 7.35. The van der Waals surface area contributed by atoms with Gasteiger partial charge in [0.25, 0.3) is 0 Å². The van der Waals surface area contributed by atoms with Crippen molar-refractivity contribution in [1.29, 1.82) is 0 Å². The molecule has 1 N–H and O–H groups in total. The van der Waals surface area contributed by atoms with Crippen molar-refractivity contribution in [3.05, 3.63) is 30.1 Å². The van der Waals surface area contributed by atoms with E-state index in [9.17, 15) is 4.79 Å². The van der Waals surface area contributed by atoms with Crippen LogP contribution in [-0.4, -0.2) is 60.3 Å². The molecule has 0 unspecified atom stereocenters. The monoisotopic (exact) mass is 345 g/mol. The van der Waals surface area contributed by atoms with Crippen molar-refractivity contribution >= 4 is 5.91 Å². The molecule has 25 heavy (non-hydrogen) atoms. The third kappa shape index (κ3) is 4.02. The van der Waals surface area contributed by atoms with Crippen molar-refractivity contribution in [2.45, 2.75) is 50.5 Å². The maximum Gasteiger partial charge on any atom is 0.249 e. The van der Waals surface area contributed by atoms with Gasteiger partial charge in [0.15, 0.2) is 0 Å². The van der Waals surface area contributed by atoms with Crippen LogP contribution in [0.5, 0.6) is 0 Å². The predicted molar refractivity (Wildman–Crippen MR) is 92.9 cm³/mol. The van der Waals surface area contributed by atoms with Crippen LogP contribution in [0.15, 0.2) is 24.4 Å². The van der Waals surface area contributed by atoms with Crippen molar-refractivity contribution < 1.29 is 14.3 Å². The molecule has 0 radical (unpaired) electrons. The number of likely N-dealkylation sites (tertiary alicyclic amines) is 1. The van der Waals surface area contributed by atoms with Gasteiger partial charge in [-0.15, -0.1) is 0 Å². The van der Waals surface area contributed by atoms with Crippen LogP contribution in [0.4, 0.5) is 0 Å². The Morgan fingerprint density at radius 1 is 1.28 bits per heavy atom. The molecule has 0 spiro atoms. The first kappa shape index (κ1) is 16.9. The fourth-order valence-electron chi connectivity index (χ4n) is 4.21. The third-order valence-corrected chi connectivity index (χ3v) is 5.68. The van der Waals surface area contributed by atoms with E-state index in [4.69, 9.17) is 9.47 Å². The van der Waals surface area contributed by atoms with Crippen molar-refractivity contribution in [1.82, 2.24) is 15.2 Å². The van der Waals surface area contributed by atoms with Gasteiger partial charge in [0.1, 0.15) is 6.10 Å². The second-order valence-electron chi connectivity index (χ2n) is 7.35. The molecule has 6 nitrogen and oxygen atoms in total. The quantitative estimate of drug-likeness (QED) is 0.873. The number of rotatable bonds is 5. The highest BCUT2D eigenvalue weighted by molar-refractivity contribution is 5.81. The Kier molecular flexibility index (Phi) is 5.29. The molecule has 0 aromatic carbocycles. The van der Waals surface area contributed by atoms with E-state index < -0.39 is 0 Å². The summed E-state index contributed by atoms with van der Waals surface area (Å²) in [5, 5.41) is 3.10. The summed E-state index contributed by atoms with van der Waals surface area (Å²) in [6.45, 7) is 4.22. The summed E-state index contributed by atoms with van der Waals surface area (Å²) in [6, 6.07) is 6.35. The summed E-state index contributed by atoms with van der Waals surface area (Å²) in [6.07, 6.45) is 5.58. The molecule has 3 aliphatic rings. The van der Waals surface area contributed by atoms with E-state index in [1.165, 1.54) is 0 Å². The summed E-state index contributed by atoms with van der Waals surface area (Å²) >= 11 is 0. The van der Waals surface area contributed by atoms with Crippen molar-refractivity contribution in [2.75, 3.05) is 26.3 Å². The predicted octanol–water partition coefficient (Wildman–Crippen LogP) is 1.36. The Morgan fingerprint density at radius 2 is 2.16 bits per heavy atom. The van der Waals surface area contributed by atoms with Crippen LogP contribution in [0.2, 0.25) is 0 Å². The van der Waals surface area contributed by atoms with E-state index in [1.54, 1.807) is 0 Å². The molecule has 4 heterocycles. The Morgan fingerprint density at radius 3 is 2.96 bits per heavy atom. The van der Waals surface area contributed by atoms with Crippen molar-refractivity contribution in [2.24, 2.45) is 5.92 Å². The molecule has 136 valence electrons. The van der Waals surface area contributed by atoms with Gasteiger partial charge in [-0.2, -0.15) is 0 Å². The minimum absolute atomic E-state index is 0.0543. The van der Waals surface area contributed by atoms with E-state index in [2.05, 4.69) is 21.3 Å². The summed E-state index contributed by atoms with van der Waals surface area (Å²) < 4.78 is 11.4. The molecule has 0 saturated carbocycles. The second kappa shape index (κ2) is 7.81. The number of hydrogen-bond donors (Lipinski definition) is 1. The normalized spacial score (nSPS) is 30.3. The first-order valence-corrected chi connectivity index (χ1v) is 9.44. The maximum atomic E-state index is 12.5. The van der Waals surface area contributed by atoms with Crippen LogP contribution in [-0.2, 0) is 20.8 Å². The number of ether oxygens (including phenoxy) is 2. The third-order valence-electron chi connectivity index (χ3n) is 5.68. The molecule has 3 aliphatic heterocycles. The van der Waals surface area contributed by atoms with E-state index in [0.29, 0.717) is 12.0 Å². The topological polar surface area (TPSA) is 63.7 Å². The van der Waals surface area contributed by atoms with Gasteiger partial charge in [0.2, 0.25) is 5.91 Å². The number of carbonyl (C=O) groups is 1. The highest BCUT2D eigenvalue weighted by Crippen LogP contribution is 2.33. The summed E-state index contributed by atoms with van der Waals surface area (Å²) in [5.74, 6) is 0.595. The molecule has 3 fully saturated rings. The van der Waals surface area contributed by atoms with Gasteiger partial charge in [-0.1, -0.05) is 6.07 Å². The molecule has 1 aromatic rings. The zero-order valence-corrected chi connectivity index (χ0v) is 14.6. The minimum atomic E-state index is -0.304. The zero-order chi connectivity index (χ0) is 17.1. The van der Waals surface area contributed by atoms with Crippen molar-refractivity contribution in [3.63, 3.8) is 0 Å². The summed E-state index contributed by atoms with van der Waals surface area (Å²) in [4.78, 5) is 19.3. The molecule has 0 aliphatic carbocycles. The number of nitrogens with zero attached hydrogens (tertiary/aromatic N) is 2. The lowest BCUT2D eigenvalue weighted by Crippen LogP contribution is -2.39. The number of pyridine rings is 1. The highest BCUT2D eigenvalue weighted by atomic mass is 16.5. The Bertz CT molecular complexity index is 577. The van der Waals surface area contributed by atoms with E-state index in [1.807, 2.05) is 18.3 Å². The fourth-order valence-corrected chi connectivity index (χ4v) is 4.21. The Hall–Kier alpha value is -1.50. The standard InChI is InChI=1S/C19H27N3O3/c23-19(21-12-14-5-9-24-10-6-14)18-11-16-17(25-18)4-8-22(16)13-15-3-1-2-7-20-15/h1-3,7,14,16-18H,4-6,8-13H2,(H,21,23)/t16-,17-,18+/m0/s1. The molecule has 3 saturated heterocycles. The first-order valence-electron chi connectivity index (χ1n) is 9.44. The fraction of sp³-hybridized carbons (Fsp3) is 0.684. The molecule has 0 bridgehead atoms. The number of hydrogen-bond acceptors (Lipinski definition) is 5. The molecular weight excluding hydrogens is 318 g/mol. The molecular formula is C19H27N3O3. The van der Waals surface area contributed by atoms with Gasteiger partial charge in [-0.25, -0.2) is 0 Å². The highest BCUT2D eigenvalue weighted by Gasteiger charge is 2.45. The smallest absolute Gasteiger partial charge is 0.249 e. The van der Waals surface area contributed by atoms with Crippen LogP contribution < -0.4 is 5.32 Å². The maximum absolute atomic E-state index is 12.5. The molecule has 4 rings (SSSR count). The Labute approximate surface area is 148 Å². The van der Waals surface area contributed by atoms with Gasteiger partial charge < -0.3 is 14.8 Å². The summed E-state index contributed by atoms with van der Waals surface area (Å²) in [5.41, 5.74) is 1.08. The van der Waals surface area contributed by atoms with Crippen LogP contribution in [0.1, 0.15) is 31.4 Å². The van der Waals surface area contributed by atoms with Gasteiger partial charge in [-0.05, 0) is 37.3 Å². The van der Waals surface area contributed by atoms with E-state index in [0.717, 1.165) is 64.2 Å². The molecule has 3 atom stereocenters. The number of nitrogens with one attached hydrogen (secondary N) is 1. The number of carbonyl (C=O) groups excluding carboxylic acids is 1. The van der Waals surface area contributed by atoms with Crippen LogP contribution in [0.3, 0.4) is 0 Å². The first-order chi connectivity index (χ1) is 12.3. The van der Waals surface area contributed by atoms with E-state index >= 15 is 0 Å². The number of aromatic nitrogens is 1. The zero-order valence-electron chi connectivity index (χ0n) is 14.6. The van der Waals surface area contributed by atoms with Crippen molar-refractivity contribution in [3.8, 4) is 0 Å². The van der Waals surface area contributed by atoms with Gasteiger partial charge in [0.05, 0.1) is 11.8 Å². The van der Waals surface area contributed by atoms with Gasteiger partial charge in [0, 0.05) is 51.5 Å². The van der Waals surface area contributed by atoms with Gasteiger partial charge in [-0.3, -0.25) is 14.7 Å². The lowest BCUT2D eigenvalue weighted by Gasteiger charge is -2.23. The SMILES string of the molecule is O=C(NCC1CCOCC1)[C@H]1C[C@H]2[C@H](CCN2Cc2ccccn2)O1. The average molecular weight is 345 g/mol. The Balaban J connectivity index is 1.27. The van der Waals surface area contributed by atoms with Gasteiger partial charge >= 0.3 is 0 Å². The van der Waals surface area contributed by atoms with E-state index in [-0.39, 0.29) is 18.1 Å². The van der Waals surface area contributed by atoms with Crippen LogP contribution >= 0.6 is 0 Å².